The van der Waals surface area contributed by atoms with E-state index in [4.69, 9.17) is 4.74 Å². The van der Waals surface area contributed by atoms with E-state index in [1.807, 2.05) is 12.1 Å². The maximum absolute atomic E-state index is 13.2. The van der Waals surface area contributed by atoms with Gasteiger partial charge in [-0.1, -0.05) is 31.0 Å². The molecule has 0 unspecified atom stereocenters. The number of rotatable bonds is 2. The topological polar surface area (TPSA) is 79.0 Å². The van der Waals surface area contributed by atoms with Gasteiger partial charge >= 0.3 is 6.03 Å². The van der Waals surface area contributed by atoms with Crippen LogP contribution in [0.3, 0.4) is 0 Å². The molecule has 4 rings (SSSR count). The Morgan fingerprint density at radius 1 is 1.12 bits per heavy atom. The van der Waals surface area contributed by atoms with Crippen LogP contribution in [0.15, 0.2) is 24.3 Å². The van der Waals surface area contributed by atoms with E-state index in [2.05, 4.69) is 5.32 Å². The van der Waals surface area contributed by atoms with Crippen LogP contribution in [0, 0.1) is 0 Å². The van der Waals surface area contributed by atoms with Gasteiger partial charge in [0.05, 0.1) is 6.61 Å². The fourth-order valence-corrected chi connectivity index (χ4v) is 4.07. The van der Waals surface area contributed by atoms with Gasteiger partial charge in [-0.25, -0.2) is 4.79 Å². The lowest BCUT2D eigenvalue weighted by molar-refractivity contribution is -0.139. The van der Waals surface area contributed by atoms with Crippen LogP contribution in [-0.4, -0.2) is 53.9 Å². The first kappa shape index (κ1) is 16.9. The van der Waals surface area contributed by atoms with Gasteiger partial charge in [0, 0.05) is 25.1 Å². The molecule has 138 valence electrons. The zero-order valence-electron chi connectivity index (χ0n) is 14.7. The van der Waals surface area contributed by atoms with Gasteiger partial charge in [0.15, 0.2) is 5.54 Å². The lowest BCUT2D eigenvalue weighted by Gasteiger charge is -2.33. The van der Waals surface area contributed by atoms with Gasteiger partial charge in [0.1, 0.15) is 12.3 Å². The number of amides is 4. The number of urea groups is 1. The number of imide groups is 1. The number of nitrogens with zero attached hydrogens (tertiary/aromatic N) is 2. The number of nitrogens with one attached hydrogen (secondary N) is 1. The van der Waals surface area contributed by atoms with E-state index in [1.54, 1.807) is 17.0 Å². The van der Waals surface area contributed by atoms with Gasteiger partial charge in [-0.05, 0) is 18.9 Å². The fourth-order valence-electron chi connectivity index (χ4n) is 4.07. The summed E-state index contributed by atoms with van der Waals surface area (Å²) in [5.74, 6) is 0.0855. The monoisotopic (exact) mass is 357 g/mol. The van der Waals surface area contributed by atoms with Gasteiger partial charge in [0.25, 0.3) is 5.91 Å². The highest BCUT2D eigenvalue weighted by Gasteiger charge is 2.55. The van der Waals surface area contributed by atoms with Crippen molar-refractivity contribution in [2.75, 3.05) is 26.2 Å². The average Bonchev–Trinajstić information content (AvgIpc) is 2.86. The third kappa shape index (κ3) is 2.71. The van der Waals surface area contributed by atoms with Crippen molar-refractivity contribution in [3.63, 3.8) is 0 Å². The summed E-state index contributed by atoms with van der Waals surface area (Å²) < 4.78 is 5.62. The van der Waals surface area contributed by atoms with Crippen molar-refractivity contribution in [1.29, 1.82) is 0 Å². The van der Waals surface area contributed by atoms with E-state index in [0.717, 1.165) is 30.6 Å². The summed E-state index contributed by atoms with van der Waals surface area (Å²) in [5, 5.41) is 2.83. The molecule has 4 amide bonds. The number of hydrogen-bond acceptors (Lipinski definition) is 4. The smallest absolute Gasteiger partial charge is 0.325 e. The summed E-state index contributed by atoms with van der Waals surface area (Å²) in [6.07, 6.45) is 4.55. The van der Waals surface area contributed by atoms with Crippen LogP contribution >= 0.6 is 0 Å². The first-order valence-corrected chi connectivity index (χ1v) is 9.26. The molecule has 0 aliphatic carbocycles. The summed E-state index contributed by atoms with van der Waals surface area (Å²) in [6, 6.07) is 6.74. The van der Waals surface area contributed by atoms with Gasteiger partial charge < -0.3 is 15.0 Å². The molecule has 7 nitrogen and oxygen atoms in total. The molecule has 0 saturated carbocycles. The molecular weight excluding hydrogens is 334 g/mol. The van der Waals surface area contributed by atoms with Crippen molar-refractivity contribution in [3.8, 4) is 5.75 Å². The SMILES string of the molecule is O=C(CN1C(=O)N[C@@]2(CCOc3ccccc32)C1=O)N1CCCCCC1. The van der Waals surface area contributed by atoms with Crippen molar-refractivity contribution in [3.05, 3.63) is 29.8 Å². The Morgan fingerprint density at radius 2 is 1.85 bits per heavy atom. The predicted octanol–water partition coefficient (Wildman–Crippen LogP) is 1.62. The number of hydrogen-bond donors (Lipinski definition) is 1. The van der Waals surface area contributed by atoms with E-state index in [9.17, 15) is 14.4 Å². The molecule has 7 heteroatoms. The van der Waals surface area contributed by atoms with Crippen molar-refractivity contribution in [2.45, 2.75) is 37.6 Å². The number of fused-ring (bicyclic) bond motifs is 2. The number of para-hydroxylation sites is 1. The lowest BCUT2D eigenvalue weighted by Crippen LogP contribution is -2.48. The highest BCUT2D eigenvalue weighted by molar-refractivity contribution is 6.09. The van der Waals surface area contributed by atoms with E-state index in [1.165, 1.54) is 0 Å². The highest BCUT2D eigenvalue weighted by Crippen LogP contribution is 2.40. The number of likely N-dealkylation sites (tertiary alicyclic amines) is 1. The molecule has 1 aromatic carbocycles. The van der Waals surface area contributed by atoms with Crippen LogP contribution < -0.4 is 10.1 Å². The van der Waals surface area contributed by atoms with Gasteiger partial charge in [-0.2, -0.15) is 0 Å². The molecule has 26 heavy (non-hydrogen) atoms. The van der Waals surface area contributed by atoms with Crippen LogP contribution in [0.2, 0.25) is 0 Å². The highest BCUT2D eigenvalue weighted by atomic mass is 16.5. The minimum atomic E-state index is -1.12. The van der Waals surface area contributed by atoms with Gasteiger partial charge in [-0.15, -0.1) is 0 Å². The van der Waals surface area contributed by atoms with Gasteiger partial charge in [-0.3, -0.25) is 14.5 Å². The third-order valence-corrected chi connectivity index (χ3v) is 5.51. The maximum Gasteiger partial charge on any atom is 0.325 e. The van der Waals surface area contributed by atoms with Gasteiger partial charge in [0.2, 0.25) is 5.91 Å². The zero-order chi connectivity index (χ0) is 18.1. The second-order valence-electron chi connectivity index (χ2n) is 7.12. The van der Waals surface area contributed by atoms with E-state index in [0.29, 0.717) is 37.4 Å². The van der Waals surface area contributed by atoms with Crippen molar-refractivity contribution < 1.29 is 19.1 Å². The fraction of sp³-hybridized carbons (Fsp3) is 0.526. The Bertz CT molecular complexity index is 742. The Balaban J connectivity index is 1.56. The number of carbonyl (C=O) groups excluding carboxylic acids is 3. The Labute approximate surface area is 152 Å². The molecule has 3 heterocycles. The Hall–Kier alpha value is -2.57. The van der Waals surface area contributed by atoms with Crippen LogP contribution in [0.5, 0.6) is 5.75 Å². The molecule has 2 saturated heterocycles. The second-order valence-corrected chi connectivity index (χ2v) is 7.12. The minimum Gasteiger partial charge on any atom is -0.493 e. The molecular formula is C19H23N3O4. The number of carbonyl (C=O) groups is 3. The molecule has 0 bridgehead atoms. The van der Waals surface area contributed by atoms with Crippen LogP contribution in [0.1, 0.15) is 37.7 Å². The Morgan fingerprint density at radius 3 is 2.62 bits per heavy atom. The zero-order valence-corrected chi connectivity index (χ0v) is 14.7. The molecule has 1 atom stereocenters. The molecule has 0 aromatic heterocycles. The summed E-state index contributed by atoms with van der Waals surface area (Å²) in [7, 11) is 0. The summed E-state index contributed by atoms with van der Waals surface area (Å²) in [6.45, 7) is 1.54. The third-order valence-electron chi connectivity index (χ3n) is 5.51. The molecule has 1 spiro atoms. The van der Waals surface area contributed by atoms with E-state index >= 15 is 0 Å². The summed E-state index contributed by atoms with van der Waals surface area (Å²) in [5.41, 5.74) is -0.459. The maximum atomic E-state index is 13.2. The molecule has 1 aromatic rings. The Kier molecular flexibility index (Phi) is 4.30. The number of benzene rings is 1. The first-order chi connectivity index (χ1) is 12.6. The van der Waals surface area contributed by atoms with E-state index in [-0.39, 0.29) is 18.4 Å². The average molecular weight is 357 g/mol. The molecule has 1 N–H and O–H groups in total. The second kappa shape index (κ2) is 6.63. The van der Waals surface area contributed by atoms with Crippen LogP contribution in [-0.2, 0) is 15.1 Å². The van der Waals surface area contributed by atoms with E-state index < -0.39 is 11.6 Å². The molecule has 0 radical (unpaired) electrons. The first-order valence-electron chi connectivity index (χ1n) is 9.26. The van der Waals surface area contributed by atoms with Crippen molar-refractivity contribution in [1.82, 2.24) is 15.1 Å². The van der Waals surface area contributed by atoms with Crippen LogP contribution in [0.25, 0.3) is 0 Å². The minimum absolute atomic E-state index is 0.159. The quantitative estimate of drug-likeness (QED) is 0.816. The summed E-state index contributed by atoms with van der Waals surface area (Å²) in [4.78, 5) is 41.2. The molecule has 2 fully saturated rings. The predicted molar refractivity (Wildman–Crippen MR) is 93.5 cm³/mol. The van der Waals surface area contributed by atoms with Crippen molar-refractivity contribution >= 4 is 17.8 Å². The lowest BCUT2D eigenvalue weighted by atomic mass is 9.84. The summed E-state index contributed by atoms with van der Waals surface area (Å²) >= 11 is 0. The normalized spacial score (nSPS) is 25.5. The molecule has 3 aliphatic heterocycles. The van der Waals surface area contributed by atoms with Crippen LogP contribution in [0.4, 0.5) is 4.79 Å². The number of ether oxygens (including phenoxy) is 1. The molecule has 3 aliphatic rings. The largest absolute Gasteiger partial charge is 0.493 e. The van der Waals surface area contributed by atoms with Crippen molar-refractivity contribution in [2.24, 2.45) is 0 Å². The standard InChI is InChI=1S/C19H23N3O4/c23-16(21-10-5-1-2-6-11-21)13-22-17(24)19(20-18(22)25)9-12-26-15-8-4-3-7-14(15)19/h3-4,7-8H,1-2,5-6,9-13H2,(H,20,25)/t19-/m1/s1.